The summed E-state index contributed by atoms with van der Waals surface area (Å²) in [5, 5.41) is 8.55. The van der Waals surface area contributed by atoms with E-state index in [1.165, 1.54) is 0 Å². The molecule has 4 nitrogen and oxygen atoms in total. The number of carbonyl (C=O) groups is 1. The molecule has 2 rings (SSSR count). The summed E-state index contributed by atoms with van der Waals surface area (Å²) in [6.45, 7) is 0.170. The number of aldehydes is 1. The summed E-state index contributed by atoms with van der Waals surface area (Å²) in [5.74, 6) is 1.16. The third-order valence-corrected chi connectivity index (χ3v) is 2.03. The first-order valence-electron chi connectivity index (χ1n) is 4.10. The average molecular weight is 189 g/mol. The van der Waals surface area contributed by atoms with Crippen molar-refractivity contribution in [3.63, 3.8) is 0 Å². The zero-order valence-electron chi connectivity index (χ0n) is 7.32. The molecule has 0 aromatic heterocycles. The normalized spacial score (nSPS) is 12.2. The van der Waals surface area contributed by atoms with Gasteiger partial charge in [0.2, 0.25) is 6.79 Å². The second kappa shape index (κ2) is 3.38. The highest BCUT2D eigenvalue weighted by molar-refractivity contribution is 5.79. The van der Waals surface area contributed by atoms with Crippen LogP contribution in [0.2, 0.25) is 0 Å². The second-order valence-electron chi connectivity index (χ2n) is 2.86. The molecular weight excluding hydrogens is 182 g/mol. The molecule has 0 fully saturated rings. The van der Waals surface area contributed by atoms with Gasteiger partial charge in [-0.2, -0.15) is 5.26 Å². The highest BCUT2D eigenvalue weighted by Gasteiger charge is 2.16. The summed E-state index contributed by atoms with van der Waals surface area (Å²) in [6.07, 6.45) is 0.916. The molecule has 70 valence electrons. The number of nitrogens with zero attached hydrogens (tertiary/aromatic N) is 1. The predicted octanol–water partition coefficient (Wildman–Crippen LogP) is 1.29. The van der Waals surface area contributed by atoms with Gasteiger partial charge in [0.05, 0.1) is 12.5 Å². The van der Waals surface area contributed by atoms with Crippen LogP contribution in [0.1, 0.15) is 15.9 Å². The van der Waals surface area contributed by atoms with Crippen LogP contribution in [0.15, 0.2) is 12.1 Å². The first-order chi connectivity index (χ1) is 6.85. The maximum Gasteiger partial charge on any atom is 0.231 e. The van der Waals surface area contributed by atoms with Crippen LogP contribution in [0.5, 0.6) is 11.5 Å². The molecule has 0 amide bonds. The minimum Gasteiger partial charge on any atom is -0.454 e. The number of benzene rings is 1. The van der Waals surface area contributed by atoms with Crippen molar-refractivity contribution in [1.29, 1.82) is 5.26 Å². The summed E-state index contributed by atoms with van der Waals surface area (Å²) < 4.78 is 10.2. The summed E-state index contributed by atoms with van der Waals surface area (Å²) in [4.78, 5) is 10.7. The Bertz CT molecular complexity index is 420. The Morgan fingerprint density at radius 1 is 1.43 bits per heavy atom. The number of hydrogen-bond acceptors (Lipinski definition) is 4. The molecule has 0 radical (unpaired) electrons. The van der Waals surface area contributed by atoms with Gasteiger partial charge in [-0.1, -0.05) is 0 Å². The van der Waals surface area contributed by atoms with Gasteiger partial charge >= 0.3 is 0 Å². The minimum absolute atomic E-state index is 0.170. The Labute approximate surface area is 80.7 Å². The van der Waals surface area contributed by atoms with Gasteiger partial charge in [0.25, 0.3) is 0 Å². The van der Waals surface area contributed by atoms with Gasteiger partial charge in [0.1, 0.15) is 0 Å². The fraction of sp³-hybridized carbons (Fsp3) is 0.200. The standard InChI is InChI=1S/C10H7NO3/c11-2-1-7-3-9-10(14-6-13-9)4-8(7)5-12/h3-5H,1,6H2. The molecule has 0 saturated heterocycles. The number of nitriles is 1. The zero-order valence-corrected chi connectivity index (χ0v) is 7.32. The third-order valence-electron chi connectivity index (χ3n) is 2.03. The van der Waals surface area contributed by atoms with E-state index in [0.29, 0.717) is 28.9 Å². The number of rotatable bonds is 2. The topological polar surface area (TPSA) is 59.3 Å². The lowest BCUT2D eigenvalue weighted by atomic mass is 10.1. The summed E-state index contributed by atoms with van der Waals surface area (Å²) in [6, 6.07) is 5.27. The lowest BCUT2D eigenvalue weighted by Crippen LogP contribution is -1.92. The molecular formula is C10H7NO3. The molecule has 1 heterocycles. The van der Waals surface area contributed by atoms with Gasteiger partial charge in [-0.05, 0) is 17.7 Å². The molecule has 0 spiro atoms. The van der Waals surface area contributed by atoms with E-state index in [-0.39, 0.29) is 13.2 Å². The van der Waals surface area contributed by atoms with E-state index in [1.54, 1.807) is 12.1 Å². The smallest absolute Gasteiger partial charge is 0.231 e. The average Bonchev–Trinajstić information content (AvgIpc) is 2.64. The molecule has 0 bridgehead atoms. The van der Waals surface area contributed by atoms with Crippen LogP contribution in [-0.4, -0.2) is 13.1 Å². The van der Waals surface area contributed by atoms with Crippen molar-refractivity contribution < 1.29 is 14.3 Å². The fourth-order valence-electron chi connectivity index (χ4n) is 1.35. The van der Waals surface area contributed by atoms with Crippen LogP contribution in [0.4, 0.5) is 0 Å². The van der Waals surface area contributed by atoms with Gasteiger partial charge in [0, 0.05) is 5.56 Å². The van der Waals surface area contributed by atoms with Crippen molar-refractivity contribution in [2.45, 2.75) is 6.42 Å². The third kappa shape index (κ3) is 1.29. The highest BCUT2D eigenvalue weighted by atomic mass is 16.7. The van der Waals surface area contributed by atoms with Gasteiger partial charge in [0.15, 0.2) is 17.8 Å². The quantitative estimate of drug-likeness (QED) is 0.658. The Kier molecular flexibility index (Phi) is 2.07. The van der Waals surface area contributed by atoms with Crippen LogP contribution in [0.3, 0.4) is 0 Å². The monoisotopic (exact) mass is 189 g/mol. The molecule has 1 aliphatic rings. The van der Waals surface area contributed by atoms with E-state index < -0.39 is 0 Å². The molecule has 0 atom stereocenters. The predicted molar refractivity (Wildman–Crippen MR) is 47.3 cm³/mol. The fourth-order valence-corrected chi connectivity index (χ4v) is 1.35. The molecule has 4 heteroatoms. The van der Waals surface area contributed by atoms with Crippen molar-refractivity contribution in [2.24, 2.45) is 0 Å². The van der Waals surface area contributed by atoms with Crippen LogP contribution in [0, 0.1) is 11.3 Å². The van der Waals surface area contributed by atoms with E-state index in [4.69, 9.17) is 14.7 Å². The Balaban J connectivity index is 2.49. The van der Waals surface area contributed by atoms with Gasteiger partial charge in [-0.15, -0.1) is 0 Å². The molecule has 1 aromatic carbocycles. The molecule has 0 unspecified atom stereocenters. The van der Waals surface area contributed by atoms with Crippen LogP contribution >= 0.6 is 0 Å². The molecule has 0 saturated carbocycles. The van der Waals surface area contributed by atoms with Gasteiger partial charge in [-0.25, -0.2) is 0 Å². The van der Waals surface area contributed by atoms with Crippen molar-refractivity contribution >= 4 is 6.29 Å². The van der Waals surface area contributed by atoms with Crippen molar-refractivity contribution in [3.8, 4) is 17.6 Å². The number of fused-ring (bicyclic) bond motifs is 1. The van der Waals surface area contributed by atoms with E-state index in [9.17, 15) is 4.79 Å². The summed E-state index contributed by atoms with van der Waals surface area (Å²) in [5.41, 5.74) is 1.16. The summed E-state index contributed by atoms with van der Waals surface area (Å²) in [7, 11) is 0. The zero-order chi connectivity index (χ0) is 9.97. The second-order valence-corrected chi connectivity index (χ2v) is 2.86. The van der Waals surface area contributed by atoms with Gasteiger partial charge < -0.3 is 9.47 Å². The molecule has 1 aliphatic heterocycles. The van der Waals surface area contributed by atoms with Crippen LogP contribution in [-0.2, 0) is 6.42 Å². The van der Waals surface area contributed by atoms with E-state index in [0.717, 1.165) is 0 Å². The largest absolute Gasteiger partial charge is 0.454 e. The SMILES string of the molecule is N#CCc1cc2c(cc1C=O)OCO2. The lowest BCUT2D eigenvalue weighted by Gasteiger charge is -2.02. The Morgan fingerprint density at radius 2 is 2.14 bits per heavy atom. The first kappa shape index (κ1) is 8.57. The molecule has 0 N–H and O–H groups in total. The molecule has 1 aromatic rings. The van der Waals surface area contributed by atoms with E-state index in [2.05, 4.69) is 0 Å². The Hall–Kier alpha value is -2.02. The lowest BCUT2D eigenvalue weighted by molar-refractivity contribution is 0.112. The van der Waals surface area contributed by atoms with E-state index >= 15 is 0 Å². The van der Waals surface area contributed by atoms with Crippen molar-refractivity contribution in [3.05, 3.63) is 23.3 Å². The van der Waals surface area contributed by atoms with Crippen LogP contribution < -0.4 is 9.47 Å². The highest BCUT2D eigenvalue weighted by Crippen LogP contribution is 2.34. The van der Waals surface area contributed by atoms with Crippen LogP contribution in [0.25, 0.3) is 0 Å². The van der Waals surface area contributed by atoms with Crippen molar-refractivity contribution in [2.75, 3.05) is 6.79 Å². The molecule has 14 heavy (non-hydrogen) atoms. The molecule has 0 aliphatic carbocycles. The number of carbonyl (C=O) groups excluding carboxylic acids is 1. The first-order valence-corrected chi connectivity index (χ1v) is 4.10. The maximum absolute atomic E-state index is 10.7. The summed E-state index contributed by atoms with van der Waals surface area (Å²) >= 11 is 0. The van der Waals surface area contributed by atoms with E-state index in [1.807, 2.05) is 6.07 Å². The van der Waals surface area contributed by atoms with Crippen molar-refractivity contribution in [1.82, 2.24) is 0 Å². The minimum atomic E-state index is 0.170. The number of ether oxygens (including phenoxy) is 2. The Morgan fingerprint density at radius 3 is 2.79 bits per heavy atom. The number of hydrogen-bond donors (Lipinski definition) is 0. The maximum atomic E-state index is 10.7. The van der Waals surface area contributed by atoms with Gasteiger partial charge in [-0.3, -0.25) is 4.79 Å².